The highest BCUT2D eigenvalue weighted by Crippen LogP contribution is 2.22. The summed E-state index contributed by atoms with van der Waals surface area (Å²) in [6, 6.07) is 0.902. The zero-order valence-electron chi connectivity index (χ0n) is 11.9. The van der Waals surface area contributed by atoms with Gasteiger partial charge in [0.1, 0.15) is 0 Å². The highest BCUT2D eigenvalue weighted by molar-refractivity contribution is 4.80. The number of nitrogens with zero attached hydrogens (tertiary/aromatic N) is 2. The molecule has 0 aromatic rings. The molecule has 2 rings (SSSR count). The van der Waals surface area contributed by atoms with Crippen LogP contribution in [0.5, 0.6) is 0 Å². The first kappa shape index (κ1) is 14.3. The van der Waals surface area contributed by atoms with Crippen molar-refractivity contribution in [2.45, 2.75) is 57.4 Å². The Balaban J connectivity index is 1.65. The van der Waals surface area contributed by atoms with Crippen LogP contribution in [0, 0.1) is 0 Å². The van der Waals surface area contributed by atoms with E-state index in [0.717, 1.165) is 12.6 Å². The zero-order chi connectivity index (χ0) is 12.6. The monoisotopic (exact) mass is 253 g/mol. The van der Waals surface area contributed by atoms with Crippen LogP contribution in [0.1, 0.15) is 51.4 Å². The van der Waals surface area contributed by atoms with Crippen LogP contribution >= 0.6 is 0 Å². The molecule has 3 heteroatoms. The quantitative estimate of drug-likeness (QED) is 0.601. The third-order valence-electron chi connectivity index (χ3n) is 4.68. The van der Waals surface area contributed by atoms with Crippen LogP contribution in [0.15, 0.2) is 0 Å². The van der Waals surface area contributed by atoms with Gasteiger partial charge in [-0.1, -0.05) is 25.7 Å². The smallest absolute Gasteiger partial charge is 0.0113 e. The topological polar surface area (TPSA) is 32.5 Å². The molecule has 1 saturated heterocycles. The Morgan fingerprint density at radius 3 is 2.11 bits per heavy atom. The average molecular weight is 253 g/mol. The molecule has 1 aliphatic heterocycles. The molecule has 0 radical (unpaired) electrons. The lowest BCUT2D eigenvalue weighted by molar-refractivity contribution is 0.0882. The van der Waals surface area contributed by atoms with Gasteiger partial charge in [0, 0.05) is 32.2 Å². The summed E-state index contributed by atoms with van der Waals surface area (Å²) in [6.45, 7) is 7.26. The molecule has 0 unspecified atom stereocenters. The van der Waals surface area contributed by atoms with Crippen molar-refractivity contribution >= 4 is 0 Å². The highest BCUT2D eigenvalue weighted by atomic mass is 15.3. The molecule has 1 saturated carbocycles. The molecule has 0 bridgehead atoms. The summed E-state index contributed by atoms with van der Waals surface area (Å²) in [5.41, 5.74) is 5.55. The van der Waals surface area contributed by atoms with Gasteiger partial charge in [0.05, 0.1) is 0 Å². The Kier molecular flexibility index (Phi) is 6.46. The van der Waals surface area contributed by atoms with Crippen LogP contribution in [0.4, 0.5) is 0 Å². The normalized spacial score (nSPS) is 25.2. The van der Waals surface area contributed by atoms with E-state index in [4.69, 9.17) is 5.73 Å². The van der Waals surface area contributed by atoms with E-state index in [1.807, 2.05) is 0 Å². The maximum Gasteiger partial charge on any atom is 0.0113 e. The Hall–Kier alpha value is -0.120. The molecule has 0 atom stereocenters. The van der Waals surface area contributed by atoms with E-state index >= 15 is 0 Å². The lowest BCUT2D eigenvalue weighted by atomic mass is 10.1. The fraction of sp³-hybridized carbons (Fsp3) is 1.00. The second-order valence-electron chi connectivity index (χ2n) is 6.02. The van der Waals surface area contributed by atoms with E-state index in [2.05, 4.69) is 9.80 Å². The summed E-state index contributed by atoms with van der Waals surface area (Å²) < 4.78 is 0. The summed E-state index contributed by atoms with van der Waals surface area (Å²) in [7, 11) is 0. The van der Waals surface area contributed by atoms with Crippen LogP contribution in [0.25, 0.3) is 0 Å². The molecule has 106 valence electrons. The van der Waals surface area contributed by atoms with E-state index in [0.29, 0.717) is 0 Å². The summed E-state index contributed by atoms with van der Waals surface area (Å²) in [6.07, 6.45) is 11.2. The van der Waals surface area contributed by atoms with Crippen molar-refractivity contribution < 1.29 is 0 Å². The number of piperazine rings is 1. The minimum Gasteiger partial charge on any atom is -0.330 e. The first-order valence-corrected chi connectivity index (χ1v) is 8.06. The van der Waals surface area contributed by atoms with Gasteiger partial charge in [0.15, 0.2) is 0 Å². The van der Waals surface area contributed by atoms with Crippen molar-refractivity contribution in [2.75, 3.05) is 39.3 Å². The van der Waals surface area contributed by atoms with Crippen molar-refractivity contribution in [1.82, 2.24) is 9.80 Å². The average Bonchev–Trinajstić information content (AvgIpc) is 2.69. The van der Waals surface area contributed by atoms with Gasteiger partial charge >= 0.3 is 0 Å². The molecule has 2 fully saturated rings. The van der Waals surface area contributed by atoms with Gasteiger partial charge < -0.3 is 10.6 Å². The van der Waals surface area contributed by atoms with Crippen molar-refractivity contribution in [2.24, 2.45) is 5.73 Å². The van der Waals surface area contributed by atoms with Gasteiger partial charge in [-0.05, 0) is 38.8 Å². The first-order chi connectivity index (χ1) is 8.90. The Labute approximate surface area is 113 Å². The van der Waals surface area contributed by atoms with E-state index in [-0.39, 0.29) is 0 Å². The second kappa shape index (κ2) is 8.13. The second-order valence-corrected chi connectivity index (χ2v) is 6.02. The lowest BCUT2D eigenvalue weighted by Gasteiger charge is -2.39. The lowest BCUT2D eigenvalue weighted by Crippen LogP contribution is -2.50. The SMILES string of the molecule is NCCCCN1CCN(C2CCCCCC2)CC1. The molecule has 18 heavy (non-hydrogen) atoms. The fourth-order valence-electron chi connectivity index (χ4n) is 3.45. The largest absolute Gasteiger partial charge is 0.330 e. The number of hydrogen-bond donors (Lipinski definition) is 1. The molecule has 1 heterocycles. The fourth-order valence-corrected chi connectivity index (χ4v) is 3.45. The molecule has 0 aromatic carbocycles. The maximum absolute atomic E-state index is 5.55. The van der Waals surface area contributed by atoms with Gasteiger partial charge in [-0.15, -0.1) is 0 Å². The Bertz CT molecular complexity index is 204. The van der Waals surface area contributed by atoms with Crippen molar-refractivity contribution in [3.8, 4) is 0 Å². The standard InChI is InChI=1S/C15H31N3/c16-9-5-6-10-17-11-13-18(14-12-17)15-7-3-1-2-4-8-15/h15H,1-14,16H2. The minimum atomic E-state index is 0.849. The molecule has 3 nitrogen and oxygen atoms in total. The Morgan fingerprint density at radius 1 is 0.833 bits per heavy atom. The molecule has 0 aromatic heterocycles. The first-order valence-electron chi connectivity index (χ1n) is 8.06. The van der Waals surface area contributed by atoms with Gasteiger partial charge in [0.2, 0.25) is 0 Å². The van der Waals surface area contributed by atoms with Gasteiger partial charge in [0.25, 0.3) is 0 Å². The van der Waals surface area contributed by atoms with Crippen LogP contribution in [-0.4, -0.2) is 55.1 Å². The summed E-state index contributed by atoms with van der Waals surface area (Å²) in [5.74, 6) is 0. The third kappa shape index (κ3) is 4.52. The summed E-state index contributed by atoms with van der Waals surface area (Å²) >= 11 is 0. The molecule has 1 aliphatic carbocycles. The molecule has 0 amide bonds. The van der Waals surface area contributed by atoms with E-state index in [9.17, 15) is 0 Å². The molecule has 2 aliphatic rings. The molecule has 0 spiro atoms. The Morgan fingerprint density at radius 2 is 1.50 bits per heavy atom. The van der Waals surface area contributed by atoms with Crippen LogP contribution < -0.4 is 5.73 Å². The van der Waals surface area contributed by atoms with Crippen molar-refractivity contribution in [3.05, 3.63) is 0 Å². The van der Waals surface area contributed by atoms with Gasteiger partial charge in [-0.2, -0.15) is 0 Å². The maximum atomic E-state index is 5.55. The highest BCUT2D eigenvalue weighted by Gasteiger charge is 2.23. The predicted molar refractivity (Wildman–Crippen MR) is 77.8 cm³/mol. The minimum absolute atomic E-state index is 0.849. The van der Waals surface area contributed by atoms with Crippen LogP contribution in [0.3, 0.4) is 0 Å². The van der Waals surface area contributed by atoms with Crippen molar-refractivity contribution in [1.29, 1.82) is 0 Å². The van der Waals surface area contributed by atoms with Gasteiger partial charge in [-0.25, -0.2) is 0 Å². The van der Waals surface area contributed by atoms with Gasteiger partial charge in [-0.3, -0.25) is 4.90 Å². The predicted octanol–water partition coefficient (Wildman–Crippen LogP) is 2.07. The molecular formula is C15H31N3. The van der Waals surface area contributed by atoms with Crippen molar-refractivity contribution in [3.63, 3.8) is 0 Å². The van der Waals surface area contributed by atoms with Crippen LogP contribution in [-0.2, 0) is 0 Å². The summed E-state index contributed by atoms with van der Waals surface area (Å²) in [4.78, 5) is 5.40. The molecular weight excluding hydrogens is 222 g/mol. The van der Waals surface area contributed by atoms with E-state index in [1.165, 1.54) is 84.1 Å². The third-order valence-corrected chi connectivity index (χ3v) is 4.68. The number of rotatable bonds is 5. The van der Waals surface area contributed by atoms with E-state index < -0.39 is 0 Å². The number of unbranched alkanes of at least 4 members (excludes halogenated alkanes) is 1. The molecule has 2 N–H and O–H groups in total. The zero-order valence-corrected chi connectivity index (χ0v) is 11.9. The summed E-state index contributed by atoms with van der Waals surface area (Å²) in [5, 5.41) is 0. The number of hydrogen-bond acceptors (Lipinski definition) is 3. The number of nitrogens with two attached hydrogens (primary N) is 1. The van der Waals surface area contributed by atoms with E-state index in [1.54, 1.807) is 0 Å². The van der Waals surface area contributed by atoms with Crippen LogP contribution in [0.2, 0.25) is 0 Å².